The summed E-state index contributed by atoms with van der Waals surface area (Å²) in [5, 5.41) is 3.30. The Hall–Kier alpha value is -1.40. The van der Waals surface area contributed by atoms with Crippen molar-refractivity contribution in [3.8, 4) is 0 Å². The molecule has 0 aliphatic rings. The standard InChI is InChI=1S/C10H19N5O/c1-4-8(6-16-3)13-9-7(2)5-12-10(14-9)15-11/h5,8H,4,6,11H2,1-3H3,(H2,12,13,14,15). The van der Waals surface area contributed by atoms with E-state index in [1.807, 2.05) is 6.92 Å². The Morgan fingerprint density at radius 1 is 1.56 bits per heavy atom. The maximum absolute atomic E-state index is 5.26. The lowest BCUT2D eigenvalue weighted by Gasteiger charge is -2.18. The molecule has 0 radical (unpaired) electrons. The summed E-state index contributed by atoms with van der Waals surface area (Å²) < 4.78 is 5.12. The van der Waals surface area contributed by atoms with Gasteiger partial charge in [-0.2, -0.15) is 4.98 Å². The van der Waals surface area contributed by atoms with Crippen LogP contribution in [0.15, 0.2) is 6.20 Å². The van der Waals surface area contributed by atoms with Crippen LogP contribution in [0.4, 0.5) is 11.8 Å². The van der Waals surface area contributed by atoms with Crippen molar-refractivity contribution in [2.75, 3.05) is 24.5 Å². The first-order chi connectivity index (χ1) is 7.71. The number of nitrogens with one attached hydrogen (secondary N) is 2. The number of aryl methyl sites for hydroxylation is 1. The smallest absolute Gasteiger partial charge is 0.239 e. The number of methoxy groups -OCH3 is 1. The van der Waals surface area contributed by atoms with E-state index in [2.05, 4.69) is 27.6 Å². The summed E-state index contributed by atoms with van der Waals surface area (Å²) in [5.74, 6) is 6.45. The molecule has 0 aliphatic heterocycles. The molecule has 6 heteroatoms. The first-order valence-electron chi connectivity index (χ1n) is 5.27. The van der Waals surface area contributed by atoms with Crippen LogP contribution in [0.1, 0.15) is 18.9 Å². The average Bonchev–Trinajstić information content (AvgIpc) is 2.31. The summed E-state index contributed by atoms with van der Waals surface area (Å²) >= 11 is 0. The second-order valence-electron chi connectivity index (χ2n) is 3.57. The maximum Gasteiger partial charge on any atom is 0.239 e. The van der Waals surface area contributed by atoms with Crippen LogP contribution >= 0.6 is 0 Å². The molecule has 1 aromatic rings. The van der Waals surface area contributed by atoms with E-state index in [1.54, 1.807) is 13.3 Å². The monoisotopic (exact) mass is 225 g/mol. The van der Waals surface area contributed by atoms with Gasteiger partial charge < -0.3 is 10.1 Å². The molecule has 1 atom stereocenters. The molecule has 16 heavy (non-hydrogen) atoms. The van der Waals surface area contributed by atoms with Gasteiger partial charge in [-0.05, 0) is 13.3 Å². The fraction of sp³-hybridized carbons (Fsp3) is 0.600. The lowest BCUT2D eigenvalue weighted by atomic mass is 10.2. The summed E-state index contributed by atoms with van der Waals surface area (Å²) in [5.41, 5.74) is 3.40. The molecule has 4 N–H and O–H groups in total. The number of rotatable bonds is 6. The van der Waals surface area contributed by atoms with E-state index in [4.69, 9.17) is 10.6 Å². The van der Waals surface area contributed by atoms with E-state index in [9.17, 15) is 0 Å². The van der Waals surface area contributed by atoms with Gasteiger partial charge in [-0.1, -0.05) is 6.92 Å². The van der Waals surface area contributed by atoms with Gasteiger partial charge in [0.25, 0.3) is 0 Å². The van der Waals surface area contributed by atoms with Crippen LogP contribution in [0, 0.1) is 6.92 Å². The summed E-state index contributed by atoms with van der Waals surface area (Å²) in [7, 11) is 1.68. The molecule has 6 nitrogen and oxygen atoms in total. The second kappa shape index (κ2) is 6.24. The van der Waals surface area contributed by atoms with Gasteiger partial charge in [-0.25, -0.2) is 10.8 Å². The first-order valence-corrected chi connectivity index (χ1v) is 5.27. The number of ether oxygens (including phenoxy) is 1. The first kappa shape index (κ1) is 12.7. The van der Waals surface area contributed by atoms with Crippen LogP contribution in [0.5, 0.6) is 0 Å². The Balaban J connectivity index is 2.77. The van der Waals surface area contributed by atoms with Gasteiger partial charge in [-0.15, -0.1) is 0 Å². The van der Waals surface area contributed by atoms with E-state index in [1.165, 1.54) is 0 Å². The topological polar surface area (TPSA) is 85.1 Å². The Morgan fingerprint density at radius 3 is 2.88 bits per heavy atom. The van der Waals surface area contributed by atoms with E-state index in [0.29, 0.717) is 12.6 Å². The molecule has 0 amide bonds. The number of hydrogen-bond donors (Lipinski definition) is 3. The third-order valence-electron chi connectivity index (χ3n) is 2.30. The van der Waals surface area contributed by atoms with Crippen LogP contribution < -0.4 is 16.6 Å². The van der Waals surface area contributed by atoms with Gasteiger partial charge in [0, 0.05) is 18.9 Å². The van der Waals surface area contributed by atoms with Crippen LogP contribution in [-0.4, -0.2) is 29.7 Å². The lowest BCUT2D eigenvalue weighted by Crippen LogP contribution is -2.25. The largest absolute Gasteiger partial charge is 0.383 e. The predicted octanol–water partition coefficient (Wildman–Crippen LogP) is 0.908. The predicted molar refractivity (Wildman–Crippen MR) is 64.2 cm³/mol. The Labute approximate surface area is 95.6 Å². The number of anilines is 2. The summed E-state index contributed by atoms with van der Waals surface area (Å²) in [6, 6.07) is 0.240. The summed E-state index contributed by atoms with van der Waals surface area (Å²) in [6.07, 6.45) is 2.69. The normalized spacial score (nSPS) is 12.2. The highest BCUT2D eigenvalue weighted by Crippen LogP contribution is 2.14. The van der Waals surface area contributed by atoms with E-state index >= 15 is 0 Å². The minimum Gasteiger partial charge on any atom is -0.383 e. The number of nitrogen functional groups attached to an aromatic ring is 1. The van der Waals surface area contributed by atoms with E-state index in [-0.39, 0.29) is 6.04 Å². The minimum atomic E-state index is 0.240. The van der Waals surface area contributed by atoms with Crippen molar-refractivity contribution in [1.82, 2.24) is 9.97 Å². The number of hydrazine groups is 1. The van der Waals surface area contributed by atoms with Crippen LogP contribution in [0.3, 0.4) is 0 Å². The molecule has 0 saturated carbocycles. The zero-order valence-electron chi connectivity index (χ0n) is 9.95. The molecule has 1 rings (SSSR count). The van der Waals surface area contributed by atoms with Crippen molar-refractivity contribution in [3.63, 3.8) is 0 Å². The average molecular weight is 225 g/mol. The van der Waals surface area contributed by atoms with Gasteiger partial charge in [-0.3, -0.25) is 5.43 Å². The second-order valence-corrected chi connectivity index (χ2v) is 3.57. The third-order valence-corrected chi connectivity index (χ3v) is 2.30. The van der Waals surface area contributed by atoms with Crippen molar-refractivity contribution in [1.29, 1.82) is 0 Å². The Kier molecular flexibility index (Phi) is 4.94. The number of aromatic nitrogens is 2. The molecule has 0 fully saturated rings. The molecule has 0 spiro atoms. The van der Waals surface area contributed by atoms with Gasteiger partial charge in [0.1, 0.15) is 5.82 Å². The molecule has 0 bridgehead atoms. The molecular weight excluding hydrogens is 206 g/mol. The van der Waals surface area contributed by atoms with Crippen molar-refractivity contribution >= 4 is 11.8 Å². The summed E-state index contributed by atoms with van der Waals surface area (Å²) in [6.45, 7) is 4.68. The zero-order chi connectivity index (χ0) is 12.0. The Morgan fingerprint density at radius 2 is 2.31 bits per heavy atom. The van der Waals surface area contributed by atoms with Gasteiger partial charge in [0.15, 0.2) is 0 Å². The molecule has 0 aliphatic carbocycles. The van der Waals surface area contributed by atoms with Crippen LogP contribution in [0.25, 0.3) is 0 Å². The molecule has 0 aromatic carbocycles. The van der Waals surface area contributed by atoms with Crippen molar-refractivity contribution in [2.45, 2.75) is 26.3 Å². The number of nitrogens with zero attached hydrogens (tertiary/aromatic N) is 2. The SMILES string of the molecule is CCC(COC)Nc1nc(NN)ncc1C. The lowest BCUT2D eigenvalue weighted by molar-refractivity contribution is 0.184. The molecule has 0 saturated heterocycles. The molecule has 90 valence electrons. The summed E-state index contributed by atoms with van der Waals surface area (Å²) in [4.78, 5) is 8.26. The molecule has 1 unspecified atom stereocenters. The highest BCUT2D eigenvalue weighted by Gasteiger charge is 2.09. The van der Waals surface area contributed by atoms with Gasteiger partial charge in [0.2, 0.25) is 5.95 Å². The third kappa shape index (κ3) is 3.32. The quantitative estimate of drug-likeness (QED) is 0.493. The molecule has 1 aromatic heterocycles. The Bertz CT molecular complexity index is 331. The van der Waals surface area contributed by atoms with Crippen molar-refractivity contribution in [3.05, 3.63) is 11.8 Å². The fourth-order valence-electron chi connectivity index (χ4n) is 1.31. The van der Waals surface area contributed by atoms with E-state index < -0.39 is 0 Å². The highest BCUT2D eigenvalue weighted by molar-refractivity contribution is 5.46. The molecular formula is C10H19N5O. The fourth-order valence-corrected chi connectivity index (χ4v) is 1.31. The van der Waals surface area contributed by atoms with Crippen LogP contribution in [0.2, 0.25) is 0 Å². The van der Waals surface area contributed by atoms with Crippen molar-refractivity contribution < 1.29 is 4.74 Å². The van der Waals surface area contributed by atoms with Crippen LogP contribution in [-0.2, 0) is 4.74 Å². The van der Waals surface area contributed by atoms with Gasteiger partial charge >= 0.3 is 0 Å². The molecule has 1 heterocycles. The zero-order valence-corrected chi connectivity index (χ0v) is 9.95. The number of nitrogens with two attached hydrogens (primary N) is 1. The maximum atomic E-state index is 5.26. The minimum absolute atomic E-state index is 0.240. The van der Waals surface area contributed by atoms with E-state index in [0.717, 1.165) is 17.8 Å². The number of hydrogen-bond acceptors (Lipinski definition) is 6. The highest BCUT2D eigenvalue weighted by atomic mass is 16.5. The van der Waals surface area contributed by atoms with Crippen molar-refractivity contribution in [2.24, 2.45) is 5.84 Å². The van der Waals surface area contributed by atoms with Gasteiger partial charge in [0.05, 0.1) is 12.6 Å².